The molecule has 2 rings (SSSR count). The van der Waals surface area contributed by atoms with E-state index in [1.54, 1.807) is 24.3 Å². The molecule has 24 heavy (non-hydrogen) atoms. The van der Waals surface area contributed by atoms with Gasteiger partial charge in [-0.1, -0.05) is 15.9 Å². The molecular formula is C17H15BrFNO4. The third-order valence-electron chi connectivity index (χ3n) is 3.15. The molecule has 0 saturated heterocycles. The number of amides is 1. The largest absolute Gasteiger partial charge is 0.494 e. The number of hydrogen-bond donors (Lipinski definition) is 1. The van der Waals surface area contributed by atoms with E-state index in [-0.39, 0.29) is 11.3 Å². The van der Waals surface area contributed by atoms with Crippen LogP contribution in [0.3, 0.4) is 0 Å². The van der Waals surface area contributed by atoms with E-state index in [4.69, 9.17) is 9.47 Å². The lowest BCUT2D eigenvalue weighted by molar-refractivity contribution is -0.123. The fourth-order valence-electron chi connectivity index (χ4n) is 1.85. The third-order valence-corrected chi connectivity index (χ3v) is 3.68. The smallest absolute Gasteiger partial charge is 0.339 e. The van der Waals surface area contributed by atoms with E-state index < -0.39 is 23.8 Å². The molecule has 2 aromatic carbocycles. The van der Waals surface area contributed by atoms with Crippen molar-refractivity contribution in [2.24, 2.45) is 0 Å². The number of halogens is 2. The van der Waals surface area contributed by atoms with Gasteiger partial charge in [-0.15, -0.1) is 0 Å². The molecule has 0 aromatic heterocycles. The molecular weight excluding hydrogens is 381 g/mol. The summed E-state index contributed by atoms with van der Waals surface area (Å²) in [7, 11) is 1.32. The zero-order valence-corrected chi connectivity index (χ0v) is 14.6. The van der Waals surface area contributed by atoms with E-state index in [1.807, 2.05) is 0 Å². The van der Waals surface area contributed by atoms with Crippen molar-refractivity contribution in [3.63, 3.8) is 0 Å². The summed E-state index contributed by atoms with van der Waals surface area (Å²) in [6, 6.07) is 10.6. The Bertz CT molecular complexity index is 749. The van der Waals surface area contributed by atoms with Gasteiger partial charge in [0.25, 0.3) is 5.91 Å². The van der Waals surface area contributed by atoms with Gasteiger partial charge in [0.15, 0.2) is 17.7 Å². The van der Waals surface area contributed by atoms with Crippen molar-refractivity contribution >= 4 is 33.5 Å². The molecule has 0 aliphatic heterocycles. The van der Waals surface area contributed by atoms with Crippen molar-refractivity contribution in [2.75, 3.05) is 12.4 Å². The highest BCUT2D eigenvalue weighted by Crippen LogP contribution is 2.19. The molecule has 7 heteroatoms. The monoisotopic (exact) mass is 395 g/mol. The van der Waals surface area contributed by atoms with Crippen LogP contribution in [0.1, 0.15) is 17.3 Å². The molecule has 0 fully saturated rings. The molecule has 0 aliphatic rings. The number of carbonyl (C=O) groups is 2. The SMILES string of the molecule is COc1ccc(C(=O)OC(C)C(=O)Nc2ccc(Br)cc2)cc1F. The first-order valence-corrected chi connectivity index (χ1v) is 7.81. The van der Waals surface area contributed by atoms with Crippen molar-refractivity contribution < 1.29 is 23.5 Å². The van der Waals surface area contributed by atoms with Crippen LogP contribution in [0.25, 0.3) is 0 Å². The predicted molar refractivity (Wildman–Crippen MR) is 90.6 cm³/mol. The van der Waals surface area contributed by atoms with Gasteiger partial charge in [0.2, 0.25) is 0 Å². The van der Waals surface area contributed by atoms with E-state index in [9.17, 15) is 14.0 Å². The summed E-state index contributed by atoms with van der Waals surface area (Å²) in [6.45, 7) is 1.44. The summed E-state index contributed by atoms with van der Waals surface area (Å²) in [5.41, 5.74) is 0.568. The van der Waals surface area contributed by atoms with E-state index >= 15 is 0 Å². The van der Waals surface area contributed by atoms with Crippen molar-refractivity contribution in [1.82, 2.24) is 0 Å². The fourth-order valence-corrected chi connectivity index (χ4v) is 2.12. The molecule has 0 saturated carbocycles. The Kier molecular flexibility index (Phi) is 5.92. The lowest BCUT2D eigenvalue weighted by Crippen LogP contribution is -2.30. The average molecular weight is 396 g/mol. The summed E-state index contributed by atoms with van der Waals surface area (Å²) in [5, 5.41) is 2.62. The zero-order valence-electron chi connectivity index (χ0n) is 13.0. The Labute approximate surface area is 146 Å². The maximum Gasteiger partial charge on any atom is 0.339 e. The van der Waals surface area contributed by atoms with Crippen LogP contribution in [-0.2, 0) is 9.53 Å². The van der Waals surface area contributed by atoms with Crippen LogP contribution >= 0.6 is 15.9 Å². The Morgan fingerprint density at radius 1 is 1.17 bits per heavy atom. The summed E-state index contributed by atoms with van der Waals surface area (Å²) in [5.74, 6) is -1.94. The Hall–Kier alpha value is -2.41. The lowest BCUT2D eigenvalue weighted by Gasteiger charge is -2.14. The highest BCUT2D eigenvalue weighted by Gasteiger charge is 2.20. The molecule has 2 aromatic rings. The van der Waals surface area contributed by atoms with Crippen molar-refractivity contribution in [1.29, 1.82) is 0 Å². The van der Waals surface area contributed by atoms with Gasteiger partial charge in [0, 0.05) is 10.2 Å². The van der Waals surface area contributed by atoms with E-state index in [0.29, 0.717) is 5.69 Å². The van der Waals surface area contributed by atoms with Crippen LogP contribution in [-0.4, -0.2) is 25.1 Å². The molecule has 0 radical (unpaired) electrons. The second-order valence-corrected chi connectivity index (χ2v) is 5.81. The minimum atomic E-state index is -1.04. The molecule has 0 bridgehead atoms. The quantitative estimate of drug-likeness (QED) is 0.782. The second kappa shape index (κ2) is 7.92. The van der Waals surface area contributed by atoms with Crippen molar-refractivity contribution in [3.8, 4) is 5.75 Å². The van der Waals surface area contributed by atoms with Crippen LogP contribution in [0.2, 0.25) is 0 Å². The number of nitrogens with one attached hydrogen (secondary N) is 1. The van der Waals surface area contributed by atoms with Crippen LogP contribution in [0.15, 0.2) is 46.9 Å². The molecule has 1 N–H and O–H groups in total. The highest BCUT2D eigenvalue weighted by atomic mass is 79.9. The highest BCUT2D eigenvalue weighted by molar-refractivity contribution is 9.10. The average Bonchev–Trinajstić information content (AvgIpc) is 2.56. The molecule has 5 nitrogen and oxygen atoms in total. The van der Waals surface area contributed by atoms with Crippen LogP contribution in [0.4, 0.5) is 10.1 Å². The summed E-state index contributed by atoms with van der Waals surface area (Å²) in [6.07, 6.45) is -1.04. The maximum absolute atomic E-state index is 13.6. The number of anilines is 1. The number of esters is 1. The number of rotatable bonds is 5. The van der Waals surface area contributed by atoms with E-state index in [2.05, 4.69) is 21.2 Å². The second-order valence-electron chi connectivity index (χ2n) is 4.89. The maximum atomic E-state index is 13.6. The van der Waals surface area contributed by atoms with Gasteiger partial charge in [-0.05, 0) is 49.4 Å². The summed E-state index contributed by atoms with van der Waals surface area (Å²) < 4.78 is 24.3. The Balaban J connectivity index is 1.98. The van der Waals surface area contributed by atoms with Gasteiger partial charge in [0.05, 0.1) is 12.7 Å². The summed E-state index contributed by atoms with van der Waals surface area (Å²) >= 11 is 3.29. The molecule has 0 spiro atoms. The first kappa shape index (κ1) is 17.9. The molecule has 126 valence electrons. The Morgan fingerprint density at radius 2 is 1.83 bits per heavy atom. The number of benzene rings is 2. The zero-order chi connectivity index (χ0) is 17.7. The van der Waals surface area contributed by atoms with Crippen molar-refractivity contribution in [2.45, 2.75) is 13.0 Å². The van der Waals surface area contributed by atoms with Gasteiger partial charge in [-0.2, -0.15) is 0 Å². The van der Waals surface area contributed by atoms with Gasteiger partial charge in [0.1, 0.15) is 0 Å². The lowest BCUT2D eigenvalue weighted by atomic mass is 10.2. The number of ether oxygens (including phenoxy) is 2. The first-order chi connectivity index (χ1) is 11.4. The Morgan fingerprint density at radius 3 is 2.42 bits per heavy atom. The molecule has 0 aliphatic carbocycles. The van der Waals surface area contributed by atoms with Crippen LogP contribution < -0.4 is 10.1 Å². The van der Waals surface area contributed by atoms with E-state index in [1.165, 1.54) is 26.2 Å². The molecule has 1 unspecified atom stereocenters. The van der Waals surface area contributed by atoms with Gasteiger partial charge in [-0.3, -0.25) is 4.79 Å². The standard InChI is InChI=1S/C17H15BrFNO4/c1-10(16(21)20-13-6-4-12(18)5-7-13)24-17(22)11-3-8-15(23-2)14(19)9-11/h3-10H,1-2H3,(H,20,21). The van der Waals surface area contributed by atoms with E-state index in [0.717, 1.165) is 10.5 Å². The minimum Gasteiger partial charge on any atom is -0.494 e. The molecule has 0 heterocycles. The van der Waals surface area contributed by atoms with Crippen molar-refractivity contribution in [3.05, 3.63) is 58.3 Å². The first-order valence-electron chi connectivity index (χ1n) is 7.01. The van der Waals surface area contributed by atoms with Crippen LogP contribution in [0, 0.1) is 5.82 Å². The number of methoxy groups -OCH3 is 1. The van der Waals surface area contributed by atoms with Crippen LogP contribution in [0.5, 0.6) is 5.75 Å². The third kappa shape index (κ3) is 4.55. The fraction of sp³-hybridized carbons (Fsp3) is 0.176. The predicted octanol–water partition coefficient (Wildman–Crippen LogP) is 3.78. The normalized spacial score (nSPS) is 11.5. The van der Waals surface area contributed by atoms with Gasteiger partial charge < -0.3 is 14.8 Å². The number of hydrogen-bond acceptors (Lipinski definition) is 4. The number of carbonyl (C=O) groups excluding carboxylic acids is 2. The molecule has 1 atom stereocenters. The molecule has 1 amide bonds. The van der Waals surface area contributed by atoms with Gasteiger partial charge in [-0.25, -0.2) is 9.18 Å². The minimum absolute atomic E-state index is 0.00316. The topological polar surface area (TPSA) is 64.6 Å². The summed E-state index contributed by atoms with van der Waals surface area (Å²) in [4.78, 5) is 24.0. The van der Waals surface area contributed by atoms with Gasteiger partial charge >= 0.3 is 5.97 Å².